The average molecular weight is 246 g/mol. The summed E-state index contributed by atoms with van der Waals surface area (Å²) < 4.78 is 0. The van der Waals surface area contributed by atoms with Crippen molar-refractivity contribution in [3.63, 3.8) is 0 Å². The van der Waals surface area contributed by atoms with Gasteiger partial charge in [-0.05, 0) is 25.7 Å². The first-order valence-electron chi connectivity index (χ1n) is 7.16. The second kappa shape index (κ2) is 5.22. The Kier molecular flexibility index (Phi) is 3.46. The largest absolute Gasteiger partial charge is 0.366 e. The molecule has 2 aliphatic rings. The summed E-state index contributed by atoms with van der Waals surface area (Å²) in [6.07, 6.45) is 7.90. The van der Waals surface area contributed by atoms with Crippen LogP contribution in [0.5, 0.6) is 0 Å². The lowest BCUT2D eigenvalue weighted by Crippen LogP contribution is -2.28. The fourth-order valence-electron chi connectivity index (χ4n) is 2.75. The van der Waals surface area contributed by atoms with Crippen molar-refractivity contribution >= 4 is 5.82 Å². The van der Waals surface area contributed by atoms with Crippen LogP contribution in [0.25, 0.3) is 0 Å². The molecule has 1 aromatic rings. The van der Waals surface area contributed by atoms with Gasteiger partial charge < -0.3 is 5.32 Å². The van der Waals surface area contributed by atoms with E-state index in [2.05, 4.69) is 33.2 Å². The monoisotopic (exact) mass is 246 g/mol. The van der Waals surface area contributed by atoms with E-state index in [-0.39, 0.29) is 0 Å². The summed E-state index contributed by atoms with van der Waals surface area (Å²) in [5, 5.41) is 3.56. The molecule has 4 heteroatoms. The molecular formula is C14H22N4. The van der Waals surface area contributed by atoms with Crippen LogP contribution in [-0.4, -0.2) is 40.0 Å². The highest BCUT2D eigenvalue weighted by atomic mass is 15.2. The minimum Gasteiger partial charge on any atom is -0.366 e. The summed E-state index contributed by atoms with van der Waals surface area (Å²) in [7, 11) is 0. The number of aromatic nitrogens is 2. The summed E-state index contributed by atoms with van der Waals surface area (Å²) in [5.41, 5.74) is 1.15. The molecule has 0 bridgehead atoms. The fraction of sp³-hybridized carbons (Fsp3) is 0.714. The second-order valence-corrected chi connectivity index (χ2v) is 5.50. The first-order chi connectivity index (χ1) is 8.85. The van der Waals surface area contributed by atoms with Crippen LogP contribution in [0.4, 0.5) is 5.82 Å². The van der Waals surface area contributed by atoms with Crippen molar-refractivity contribution < 1.29 is 0 Å². The SMILES string of the molecule is CCCc1cc(NC2CCN(C3CC3)C2)ncn1. The first kappa shape index (κ1) is 11.9. The molecule has 0 amide bonds. The number of nitrogens with zero attached hydrogens (tertiary/aromatic N) is 3. The van der Waals surface area contributed by atoms with E-state index in [1.807, 2.05) is 0 Å². The van der Waals surface area contributed by atoms with Crippen molar-refractivity contribution in [2.75, 3.05) is 18.4 Å². The van der Waals surface area contributed by atoms with E-state index in [4.69, 9.17) is 0 Å². The molecule has 0 aromatic carbocycles. The summed E-state index contributed by atoms with van der Waals surface area (Å²) in [6, 6.07) is 3.55. The number of rotatable bonds is 5. The number of anilines is 1. The number of nitrogens with one attached hydrogen (secondary N) is 1. The van der Waals surface area contributed by atoms with Crippen molar-refractivity contribution in [3.8, 4) is 0 Å². The molecule has 0 spiro atoms. The van der Waals surface area contributed by atoms with E-state index in [0.717, 1.165) is 30.4 Å². The summed E-state index contributed by atoms with van der Waals surface area (Å²) >= 11 is 0. The van der Waals surface area contributed by atoms with Crippen LogP contribution in [0.3, 0.4) is 0 Å². The molecule has 4 nitrogen and oxygen atoms in total. The number of hydrogen-bond acceptors (Lipinski definition) is 4. The van der Waals surface area contributed by atoms with Crippen LogP contribution in [-0.2, 0) is 6.42 Å². The van der Waals surface area contributed by atoms with Crippen molar-refractivity contribution in [2.24, 2.45) is 0 Å². The zero-order chi connectivity index (χ0) is 12.4. The third-order valence-electron chi connectivity index (χ3n) is 3.86. The Labute approximate surface area is 109 Å². The third-order valence-corrected chi connectivity index (χ3v) is 3.86. The lowest BCUT2D eigenvalue weighted by molar-refractivity contribution is 0.326. The maximum absolute atomic E-state index is 4.33. The van der Waals surface area contributed by atoms with E-state index in [1.165, 1.54) is 32.4 Å². The van der Waals surface area contributed by atoms with E-state index in [9.17, 15) is 0 Å². The molecule has 1 unspecified atom stereocenters. The molecular weight excluding hydrogens is 224 g/mol. The molecule has 1 aliphatic carbocycles. The predicted molar refractivity (Wildman–Crippen MR) is 72.6 cm³/mol. The smallest absolute Gasteiger partial charge is 0.129 e. The number of likely N-dealkylation sites (tertiary alicyclic amines) is 1. The van der Waals surface area contributed by atoms with Crippen LogP contribution < -0.4 is 5.32 Å². The lowest BCUT2D eigenvalue weighted by Gasteiger charge is -2.16. The van der Waals surface area contributed by atoms with Gasteiger partial charge in [-0.15, -0.1) is 0 Å². The fourth-order valence-corrected chi connectivity index (χ4v) is 2.75. The van der Waals surface area contributed by atoms with Gasteiger partial charge in [-0.2, -0.15) is 0 Å². The minimum absolute atomic E-state index is 0.565. The Balaban J connectivity index is 1.57. The Morgan fingerprint density at radius 2 is 2.22 bits per heavy atom. The molecule has 1 atom stereocenters. The van der Waals surface area contributed by atoms with Crippen molar-refractivity contribution in [1.82, 2.24) is 14.9 Å². The maximum atomic E-state index is 4.33. The average Bonchev–Trinajstić information content (AvgIpc) is 3.12. The van der Waals surface area contributed by atoms with Gasteiger partial charge >= 0.3 is 0 Å². The normalized spacial score (nSPS) is 24.4. The van der Waals surface area contributed by atoms with Gasteiger partial charge in [-0.25, -0.2) is 9.97 Å². The van der Waals surface area contributed by atoms with Gasteiger partial charge in [-0.3, -0.25) is 4.90 Å². The molecule has 98 valence electrons. The Morgan fingerprint density at radius 3 is 3.00 bits per heavy atom. The summed E-state index contributed by atoms with van der Waals surface area (Å²) in [6.45, 7) is 4.60. The number of aryl methyl sites for hydroxylation is 1. The zero-order valence-corrected chi connectivity index (χ0v) is 11.1. The van der Waals surface area contributed by atoms with Gasteiger partial charge in [0.15, 0.2) is 0 Å². The summed E-state index contributed by atoms with van der Waals surface area (Å²) in [5.74, 6) is 0.996. The van der Waals surface area contributed by atoms with E-state index in [0.29, 0.717) is 6.04 Å². The molecule has 18 heavy (non-hydrogen) atoms. The van der Waals surface area contributed by atoms with Crippen LogP contribution in [0, 0.1) is 0 Å². The quantitative estimate of drug-likeness (QED) is 0.863. The van der Waals surface area contributed by atoms with Gasteiger partial charge in [0.2, 0.25) is 0 Å². The van der Waals surface area contributed by atoms with Crippen molar-refractivity contribution in [1.29, 1.82) is 0 Å². The first-order valence-corrected chi connectivity index (χ1v) is 7.16. The lowest BCUT2D eigenvalue weighted by atomic mass is 10.2. The molecule has 1 N–H and O–H groups in total. The van der Waals surface area contributed by atoms with E-state index >= 15 is 0 Å². The molecule has 2 fully saturated rings. The third kappa shape index (κ3) is 2.80. The predicted octanol–water partition coefficient (Wildman–Crippen LogP) is 2.08. The van der Waals surface area contributed by atoms with E-state index in [1.54, 1.807) is 6.33 Å². The topological polar surface area (TPSA) is 41.0 Å². The highest BCUT2D eigenvalue weighted by molar-refractivity contribution is 5.36. The van der Waals surface area contributed by atoms with Crippen molar-refractivity contribution in [3.05, 3.63) is 18.1 Å². The standard InChI is InChI=1S/C14H22N4/c1-2-3-11-8-14(16-10-15-11)17-12-6-7-18(9-12)13-4-5-13/h8,10,12-13H,2-7,9H2,1H3,(H,15,16,17). The molecule has 1 saturated heterocycles. The van der Waals surface area contributed by atoms with Crippen molar-refractivity contribution in [2.45, 2.75) is 51.1 Å². The maximum Gasteiger partial charge on any atom is 0.129 e. The molecule has 1 saturated carbocycles. The van der Waals surface area contributed by atoms with Gasteiger partial charge in [0.05, 0.1) is 0 Å². The molecule has 1 aromatic heterocycles. The number of hydrogen-bond donors (Lipinski definition) is 1. The van der Waals surface area contributed by atoms with E-state index < -0.39 is 0 Å². The Morgan fingerprint density at radius 1 is 1.33 bits per heavy atom. The highest BCUT2D eigenvalue weighted by Gasteiger charge is 2.34. The van der Waals surface area contributed by atoms with Gasteiger partial charge in [0.25, 0.3) is 0 Å². The zero-order valence-electron chi connectivity index (χ0n) is 11.1. The molecule has 2 heterocycles. The molecule has 3 rings (SSSR count). The highest BCUT2D eigenvalue weighted by Crippen LogP contribution is 2.30. The van der Waals surface area contributed by atoms with Gasteiger partial charge in [0, 0.05) is 36.9 Å². The second-order valence-electron chi connectivity index (χ2n) is 5.50. The van der Waals surface area contributed by atoms with Gasteiger partial charge in [-0.1, -0.05) is 13.3 Å². The van der Waals surface area contributed by atoms with Crippen LogP contribution in [0.1, 0.15) is 38.3 Å². The minimum atomic E-state index is 0.565. The van der Waals surface area contributed by atoms with Gasteiger partial charge in [0.1, 0.15) is 12.1 Å². The van der Waals surface area contributed by atoms with Crippen LogP contribution in [0.15, 0.2) is 12.4 Å². The molecule has 0 radical (unpaired) electrons. The Hall–Kier alpha value is -1.16. The van der Waals surface area contributed by atoms with Crippen LogP contribution in [0.2, 0.25) is 0 Å². The molecule has 1 aliphatic heterocycles. The van der Waals surface area contributed by atoms with Crippen LogP contribution >= 0.6 is 0 Å². The Bertz CT molecular complexity index is 403. The summed E-state index contributed by atoms with van der Waals surface area (Å²) in [4.78, 5) is 11.2.